The Bertz CT molecular complexity index is 1030. The first-order valence-electron chi connectivity index (χ1n) is 8.29. The molecule has 28 heavy (non-hydrogen) atoms. The van der Waals surface area contributed by atoms with Gasteiger partial charge in [0.2, 0.25) is 0 Å². The molecular formula is C19H16Cl2N4O3. The van der Waals surface area contributed by atoms with E-state index in [0.717, 1.165) is 5.56 Å². The molecule has 0 radical (unpaired) electrons. The van der Waals surface area contributed by atoms with Crippen molar-refractivity contribution in [2.75, 3.05) is 5.32 Å². The lowest BCUT2D eigenvalue weighted by atomic mass is 10.1. The van der Waals surface area contributed by atoms with E-state index in [2.05, 4.69) is 15.6 Å². The van der Waals surface area contributed by atoms with Crippen molar-refractivity contribution >= 4 is 40.8 Å². The fourth-order valence-electron chi connectivity index (χ4n) is 2.60. The first kappa shape index (κ1) is 19.9. The van der Waals surface area contributed by atoms with E-state index in [9.17, 15) is 9.59 Å². The van der Waals surface area contributed by atoms with E-state index in [-0.39, 0.29) is 12.1 Å². The summed E-state index contributed by atoms with van der Waals surface area (Å²) in [5.41, 5.74) is 2.87. The third kappa shape index (κ3) is 4.68. The van der Waals surface area contributed by atoms with Crippen LogP contribution in [0.1, 0.15) is 27.3 Å². The second-order valence-corrected chi connectivity index (χ2v) is 6.97. The van der Waals surface area contributed by atoms with Crippen molar-refractivity contribution in [3.05, 3.63) is 75.0 Å². The van der Waals surface area contributed by atoms with Crippen molar-refractivity contribution in [3.63, 3.8) is 0 Å². The van der Waals surface area contributed by atoms with Crippen LogP contribution in [0.2, 0.25) is 10.0 Å². The van der Waals surface area contributed by atoms with Crippen LogP contribution in [-0.2, 0) is 17.8 Å². The first-order chi connectivity index (χ1) is 13.3. The molecule has 1 aromatic heterocycles. The molecule has 1 amide bonds. The van der Waals surface area contributed by atoms with Gasteiger partial charge >= 0.3 is 5.97 Å². The number of aromatic nitrogens is 3. The number of carbonyl (C=O) groups is 2. The summed E-state index contributed by atoms with van der Waals surface area (Å²) in [5.74, 6) is -1.31. The smallest absolute Gasteiger partial charge is 0.307 e. The maximum absolute atomic E-state index is 12.5. The summed E-state index contributed by atoms with van der Waals surface area (Å²) in [4.78, 5) is 23.2. The van der Waals surface area contributed by atoms with E-state index in [4.69, 9.17) is 28.3 Å². The molecule has 3 rings (SSSR count). The fraction of sp³-hybridized carbons (Fsp3) is 0.158. The number of rotatable bonds is 6. The predicted molar refractivity (Wildman–Crippen MR) is 106 cm³/mol. The number of nitrogens with zero attached hydrogens (tertiary/aromatic N) is 3. The van der Waals surface area contributed by atoms with Crippen LogP contribution in [0.15, 0.2) is 42.5 Å². The second-order valence-electron chi connectivity index (χ2n) is 6.15. The van der Waals surface area contributed by atoms with Gasteiger partial charge in [0, 0.05) is 5.69 Å². The van der Waals surface area contributed by atoms with Crippen LogP contribution in [0.5, 0.6) is 0 Å². The van der Waals surface area contributed by atoms with Gasteiger partial charge in [-0.3, -0.25) is 9.59 Å². The van der Waals surface area contributed by atoms with Gasteiger partial charge in [-0.15, -0.1) is 5.10 Å². The van der Waals surface area contributed by atoms with Gasteiger partial charge in [0.1, 0.15) is 0 Å². The lowest BCUT2D eigenvalue weighted by molar-refractivity contribution is -0.136. The Kier molecular flexibility index (Phi) is 5.96. The molecule has 0 saturated heterocycles. The monoisotopic (exact) mass is 418 g/mol. The Hall–Kier alpha value is -2.90. The van der Waals surface area contributed by atoms with Gasteiger partial charge in [-0.25, -0.2) is 4.68 Å². The van der Waals surface area contributed by atoms with Crippen LogP contribution in [0, 0.1) is 6.92 Å². The Balaban J connectivity index is 1.71. The van der Waals surface area contributed by atoms with Crippen LogP contribution >= 0.6 is 23.2 Å². The van der Waals surface area contributed by atoms with Crippen LogP contribution in [0.3, 0.4) is 0 Å². The highest BCUT2D eigenvalue weighted by Gasteiger charge is 2.17. The van der Waals surface area contributed by atoms with Crippen LogP contribution in [0.4, 0.5) is 5.69 Å². The zero-order chi connectivity index (χ0) is 20.3. The lowest BCUT2D eigenvalue weighted by Gasteiger charge is -2.07. The van der Waals surface area contributed by atoms with Crippen molar-refractivity contribution in [1.29, 1.82) is 0 Å². The molecule has 0 aliphatic heterocycles. The number of anilines is 1. The third-order valence-electron chi connectivity index (χ3n) is 4.08. The maximum atomic E-state index is 12.5. The van der Waals surface area contributed by atoms with E-state index in [1.54, 1.807) is 48.0 Å². The van der Waals surface area contributed by atoms with Crippen molar-refractivity contribution < 1.29 is 14.7 Å². The number of hydrogen-bond acceptors (Lipinski definition) is 4. The zero-order valence-corrected chi connectivity index (χ0v) is 16.3. The summed E-state index contributed by atoms with van der Waals surface area (Å²) in [6, 6.07) is 11.9. The molecule has 144 valence electrons. The molecule has 0 unspecified atom stereocenters. The largest absolute Gasteiger partial charge is 0.481 e. The number of aliphatic carboxylic acids is 1. The topological polar surface area (TPSA) is 97.1 Å². The molecular weight excluding hydrogens is 403 g/mol. The Morgan fingerprint density at radius 3 is 2.39 bits per heavy atom. The van der Waals surface area contributed by atoms with Gasteiger partial charge in [-0.1, -0.05) is 46.6 Å². The second kappa shape index (κ2) is 8.41. The number of halogens is 2. The lowest BCUT2D eigenvalue weighted by Crippen LogP contribution is -2.14. The minimum atomic E-state index is -0.911. The van der Waals surface area contributed by atoms with E-state index in [1.807, 2.05) is 6.07 Å². The number of carboxylic acids is 1. The van der Waals surface area contributed by atoms with E-state index in [1.165, 1.54) is 0 Å². The number of carbonyl (C=O) groups excluding carboxylic acids is 1. The van der Waals surface area contributed by atoms with Gasteiger partial charge in [-0.05, 0) is 42.3 Å². The number of benzene rings is 2. The van der Waals surface area contributed by atoms with Gasteiger partial charge in [-0.2, -0.15) is 0 Å². The summed E-state index contributed by atoms with van der Waals surface area (Å²) < 4.78 is 1.60. The molecule has 2 N–H and O–H groups in total. The summed E-state index contributed by atoms with van der Waals surface area (Å²) in [6.07, 6.45) is -0.0730. The van der Waals surface area contributed by atoms with E-state index < -0.39 is 11.9 Å². The van der Waals surface area contributed by atoms with Crippen LogP contribution in [-0.4, -0.2) is 32.0 Å². The van der Waals surface area contributed by atoms with Crippen molar-refractivity contribution in [2.45, 2.75) is 19.9 Å². The molecule has 0 atom stereocenters. The third-order valence-corrected chi connectivity index (χ3v) is 4.82. The predicted octanol–water partition coefficient (Wildman–Crippen LogP) is 3.82. The molecule has 3 aromatic rings. The molecule has 0 aliphatic carbocycles. The normalized spacial score (nSPS) is 10.7. The van der Waals surface area contributed by atoms with Crippen molar-refractivity contribution in [1.82, 2.24) is 15.0 Å². The molecule has 0 bridgehead atoms. The highest BCUT2D eigenvalue weighted by atomic mass is 35.5. The number of nitrogens with one attached hydrogen (secondary N) is 1. The van der Waals surface area contributed by atoms with E-state index >= 15 is 0 Å². The quantitative estimate of drug-likeness (QED) is 0.633. The van der Waals surface area contributed by atoms with E-state index in [0.29, 0.717) is 33.5 Å². The van der Waals surface area contributed by atoms with Gasteiger partial charge in [0.25, 0.3) is 5.91 Å². The maximum Gasteiger partial charge on any atom is 0.307 e. The van der Waals surface area contributed by atoms with Crippen LogP contribution < -0.4 is 5.32 Å². The number of amides is 1. The fourth-order valence-corrected chi connectivity index (χ4v) is 2.92. The molecule has 2 aromatic carbocycles. The average molecular weight is 419 g/mol. The van der Waals surface area contributed by atoms with Gasteiger partial charge in [0.05, 0.1) is 28.7 Å². The summed E-state index contributed by atoms with van der Waals surface area (Å²) in [7, 11) is 0. The number of hydrogen-bond donors (Lipinski definition) is 2. The molecule has 0 saturated carbocycles. The average Bonchev–Trinajstić information content (AvgIpc) is 3.00. The molecule has 0 spiro atoms. The zero-order valence-electron chi connectivity index (χ0n) is 14.8. The minimum absolute atomic E-state index is 0.0730. The highest BCUT2D eigenvalue weighted by Crippen LogP contribution is 2.23. The van der Waals surface area contributed by atoms with Crippen LogP contribution in [0.25, 0.3) is 0 Å². The summed E-state index contributed by atoms with van der Waals surface area (Å²) >= 11 is 12.0. The SMILES string of the molecule is Cc1c(C(=O)Nc2ccc(CC(=O)O)cc2)nnn1Cc1ccc(Cl)c(Cl)c1. The highest BCUT2D eigenvalue weighted by molar-refractivity contribution is 6.42. The molecule has 1 heterocycles. The number of carboxylic acid groups (broad SMARTS) is 1. The Morgan fingerprint density at radius 2 is 1.75 bits per heavy atom. The molecule has 0 aliphatic rings. The first-order valence-corrected chi connectivity index (χ1v) is 9.05. The van der Waals surface area contributed by atoms with Crippen molar-refractivity contribution in [3.8, 4) is 0 Å². The Morgan fingerprint density at radius 1 is 1.07 bits per heavy atom. The van der Waals surface area contributed by atoms with Crippen molar-refractivity contribution in [2.24, 2.45) is 0 Å². The van der Waals surface area contributed by atoms with Gasteiger partial charge in [0.15, 0.2) is 5.69 Å². The summed E-state index contributed by atoms with van der Waals surface area (Å²) in [5, 5.41) is 20.4. The van der Waals surface area contributed by atoms with Gasteiger partial charge < -0.3 is 10.4 Å². The molecule has 7 nitrogen and oxygen atoms in total. The molecule has 9 heteroatoms. The summed E-state index contributed by atoms with van der Waals surface area (Å²) in [6.45, 7) is 2.15. The minimum Gasteiger partial charge on any atom is -0.481 e. The standard InChI is InChI=1S/C19H16Cl2N4O3/c1-11-18(19(28)22-14-5-2-12(3-6-14)9-17(26)27)23-24-25(11)10-13-4-7-15(20)16(21)8-13/h2-8H,9-10H2,1H3,(H,22,28)(H,26,27). The Labute approximate surface area is 170 Å². The molecule has 0 fully saturated rings.